The summed E-state index contributed by atoms with van der Waals surface area (Å²) in [5.41, 5.74) is 8.19. The highest BCUT2D eigenvalue weighted by molar-refractivity contribution is 7.15. The van der Waals surface area contributed by atoms with Gasteiger partial charge in [-0.25, -0.2) is 4.39 Å². The van der Waals surface area contributed by atoms with Gasteiger partial charge in [0.25, 0.3) is 0 Å². The summed E-state index contributed by atoms with van der Waals surface area (Å²) in [5, 5.41) is 0. The van der Waals surface area contributed by atoms with Crippen molar-refractivity contribution in [2.24, 2.45) is 0 Å². The minimum atomic E-state index is -0.190. The number of halogens is 1. The van der Waals surface area contributed by atoms with Gasteiger partial charge in [-0.15, -0.1) is 18.5 Å². The summed E-state index contributed by atoms with van der Waals surface area (Å²) >= 11 is 0. The number of hydrogen-bond donors (Lipinski definition) is 0. The Hall–Kier alpha value is -1.63. The average molecular weight is 428 g/mol. The third kappa shape index (κ3) is 5.11. The number of benzene rings is 3. The highest BCUT2D eigenvalue weighted by Crippen LogP contribution is 2.32. The first kappa shape index (κ1) is 22.1. The van der Waals surface area contributed by atoms with Crippen LogP contribution in [0.2, 0.25) is 0 Å². The van der Waals surface area contributed by atoms with E-state index in [0.29, 0.717) is 18.8 Å². The molecular weight excluding hydrogens is 401 g/mol. The molecule has 0 bridgehead atoms. The van der Waals surface area contributed by atoms with E-state index >= 15 is 0 Å². The molecule has 3 aromatic rings. The largest absolute Gasteiger partial charge is 0.380 e. The lowest BCUT2D eigenvalue weighted by atomic mass is 9.93. The fourth-order valence-corrected chi connectivity index (χ4v) is 4.15. The van der Waals surface area contributed by atoms with Gasteiger partial charge in [0.2, 0.25) is 0 Å². The summed E-state index contributed by atoms with van der Waals surface area (Å²) in [5.74, 6) is -0.190. The summed E-state index contributed by atoms with van der Waals surface area (Å²) < 4.78 is 25.3. The maximum Gasteiger partial charge on any atom is 0.131 e. The maximum atomic E-state index is 14.5. The summed E-state index contributed by atoms with van der Waals surface area (Å²) in [7, 11) is 8.82. The van der Waals surface area contributed by atoms with E-state index in [9.17, 15) is 4.39 Å². The zero-order valence-electron chi connectivity index (χ0n) is 16.9. The summed E-state index contributed by atoms with van der Waals surface area (Å²) in [6.07, 6.45) is 1.61. The van der Waals surface area contributed by atoms with Crippen LogP contribution in [0.25, 0.3) is 22.3 Å². The molecule has 0 fully saturated rings. The van der Waals surface area contributed by atoms with Crippen molar-refractivity contribution < 1.29 is 13.9 Å². The van der Waals surface area contributed by atoms with Gasteiger partial charge in [-0.05, 0) is 63.4 Å². The van der Waals surface area contributed by atoms with Crippen molar-refractivity contribution in [3.63, 3.8) is 0 Å². The lowest BCUT2D eigenvalue weighted by molar-refractivity contribution is 0.182. The highest BCUT2D eigenvalue weighted by atomic mass is 31.0. The molecule has 0 aliphatic rings. The second kappa shape index (κ2) is 10.4. The third-order valence-electron chi connectivity index (χ3n) is 5.02. The topological polar surface area (TPSA) is 18.5 Å². The van der Waals surface area contributed by atoms with Crippen LogP contribution in [0.3, 0.4) is 0 Å². The first-order valence-electron chi connectivity index (χ1n) is 9.53. The summed E-state index contributed by atoms with van der Waals surface area (Å²) in [6.45, 7) is 1.10. The molecule has 3 aromatic carbocycles. The van der Waals surface area contributed by atoms with Gasteiger partial charge in [0.1, 0.15) is 5.82 Å². The summed E-state index contributed by atoms with van der Waals surface area (Å²) in [4.78, 5) is 0. The summed E-state index contributed by atoms with van der Waals surface area (Å²) in [6, 6.07) is 17.8. The van der Waals surface area contributed by atoms with Gasteiger partial charge in [0.15, 0.2) is 0 Å². The van der Waals surface area contributed by atoms with E-state index in [2.05, 4.69) is 30.6 Å². The monoisotopic (exact) mass is 428 g/mol. The van der Waals surface area contributed by atoms with Crippen LogP contribution in [-0.2, 0) is 35.0 Å². The molecular formula is C24H27FO2P2. The Kier molecular flexibility index (Phi) is 7.92. The Labute approximate surface area is 177 Å². The molecule has 0 aromatic heterocycles. The van der Waals surface area contributed by atoms with Crippen molar-refractivity contribution in [3.05, 3.63) is 82.7 Å². The van der Waals surface area contributed by atoms with Crippen LogP contribution < -0.4 is 0 Å². The van der Waals surface area contributed by atoms with E-state index in [1.165, 1.54) is 11.1 Å². The van der Waals surface area contributed by atoms with Crippen molar-refractivity contribution in [1.82, 2.24) is 0 Å². The Balaban J connectivity index is 2.01. The van der Waals surface area contributed by atoms with Crippen molar-refractivity contribution in [2.75, 3.05) is 14.2 Å². The van der Waals surface area contributed by atoms with Gasteiger partial charge in [-0.2, -0.15) is 0 Å². The smallest absolute Gasteiger partial charge is 0.131 e. The second-order valence-corrected chi connectivity index (χ2v) is 7.76. The molecule has 5 heteroatoms. The molecule has 3 rings (SSSR count). The van der Waals surface area contributed by atoms with Crippen LogP contribution in [0, 0.1) is 5.82 Å². The maximum absolute atomic E-state index is 14.5. The van der Waals surface area contributed by atoms with Crippen LogP contribution >= 0.6 is 18.5 Å². The van der Waals surface area contributed by atoms with E-state index in [-0.39, 0.29) is 5.82 Å². The van der Waals surface area contributed by atoms with E-state index in [4.69, 9.17) is 9.47 Å². The van der Waals surface area contributed by atoms with Crippen molar-refractivity contribution in [3.8, 4) is 22.3 Å². The number of methoxy groups -OCH3 is 2. The Morgan fingerprint density at radius 3 is 1.86 bits per heavy atom. The van der Waals surface area contributed by atoms with Gasteiger partial charge in [0.05, 0.1) is 13.2 Å². The SMILES string of the molecule is COCc1cc(-c2ccc(-c3ccc(CP)cc3F)cc2)c(COC)cc1CP. The molecule has 0 radical (unpaired) electrons. The third-order valence-corrected chi connectivity index (χ3v) is 5.93. The molecule has 0 spiro atoms. The number of hydrogen-bond acceptors (Lipinski definition) is 2. The predicted octanol–water partition coefficient (Wildman–Crippen LogP) is 6.20. The van der Waals surface area contributed by atoms with Crippen molar-refractivity contribution >= 4 is 18.5 Å². The van der Waals surface area contributed by atoms with Crippen LogP contribution in [0.1, 0.15) is 22.3 Å². The minimum absolute atomic E-state index is 0.190. The lowest BCUT2D eigenvalue weighted by Crippen LogP contribution is -2.00. The Bertz CT molecular complexity index is 971. The molecule has 0 saturated heterocycles. The van der Waals surface area contributed by atoms with Crippen LogP contribution in [-0.4, -0.2) is 14.2 Å². The van der Waals surface area contributed by atoms with Gasteiger partial charge < -0.3 is 9.47 Å². The Morgan fingerprint density at radius 1 is 0.690 bits per heavy atom. The van der Waals surface area contributed by atoms with Crippen LogP contribution in [0.4, 0.5) is 4.39 Å². The van der Waals surface area contributed by atoms with Crippen molar-refractivity contribution in [2.45, 2.75) is 25.5 Å². The standard InChI is InChI=1S/C24H27FO2P2/c1-26-12-19-11-23(20(13-27-2)10-21(19)15-29)18-6-4-17(5-7-18)22-8-3-16(14-28)9-24(22)25/h3-11H,12-15,28-29H2,1-2H3. The zero-order valence-corrected chi connectivity index (χ0v) is 19.2. The molecule has 0 saturated carbocycles. The number of ether oxygens (including phenoxy) is 2. The molecule has 0 amide bonds. The zero-order chi connectivity index (χ0) is 20.8. The second-order valence-electron chi connectivity index (χ2n) is 6.94. The average Bonchev–Trinajstić information content (AvgIpc) is 2.75. The highest BCUT2D eigenvalue weighted by Gasteiger charge is 2.12. The Morgan fingerprint density at radius 2 is 1.31 bits per heavy atom. The van der Waals surface area contributed by atoms with E-state index in [1.807, 2.05) is 36.4 Å². The molecule has 0 aliphatic carbocycles. The predicted molar refractivity (Wildman–Crippen MR) is 126 cm³/mol. The molecule has 0 aliphatic heterocycles. The fraction of sp³-hybridized carbons (Fsp3) is 0.250. The van der Waals surface area contributed by atoms with Crippen LogP contribution in [0.5, 0.6) is 0 Å². The van der Waals surface area contributed by atoms with Gasteiger partial charge >= 0.3 is 0 Å². The molecule has 2 nitrogen and oxygen atoms in total. The molecule has 29 heavy (non-hydrogen) atoms. The normalized spacial score (nSPS) is 11.1. The lowest BCUT2D eigenvalue weighted by Gasteiger charge is -2.16. The minimum Gasteiger partial charge on any atom is -0.380 e. The quantitative estimate of drug-likeness (QED) is 0.398. The molecule has 2 unspecified atom stereocenters. The van der Waals surface area contributed by atoms with Gasteiger partial charge in [0, 0.05) is 19.8 Å². The first-order chi connectivity index (χ1) is 14.1. The van der Waals surface area contributed by atoms with Gasteiger partial charge in [-0.1, -0.05) is 42.5 Å². The number of rotatable bonds is 8. The first-order valence-corrected chi connectivity index (χ1v) is 11.2. The van der Waals surface area contributed by atoms with E-state index in [1.54, 1.807) is 20.3 Å². The van der Waals surface area contributed by atoms with Gasteiger partial charge in [-0.3, -0.25) is 0 Å². The molecule has 0 heterocycles. The fourth-order valence-electron chi connectivity index (χ4n) is 3.51. The van der Waals surface area contributed by atoms with E-state index in [0.717, 1.165) is 40.1 Å². The molecule has 152 valence electrons. The van der Waals surface area contributed by atoms with E-state index < -0.39 is 0 Å². The molecule has 2 atom stereocenters. The van der Waals surface area contributed by atoms with Crippen molar-refractivity contribution in [1.29, 1.82) is 0 Å². The van der Waals surface area contributed by atoms with Crippen LogP contribution in [0.15, 0.2) is 54.6 Å². The molecule has 0 N–H and O–H groups in total.